The third-order valence-corrected chi connectivity index (χ3v) is 6.40. The number of unbranched alkanes of at least 4 members (excludes halogenated alkanes) is 1. The van der Waals surface area contributed by atoms with Crippen molar-refractivity contribution < 1.29 is 9.59 Å². The SMILES string of the molecule is CCCCN(C)CCNC(=O)C1c2ccccc2C(=O)N2CCc3ccccc3C12. The van der Waals surface area contributed by atoms with Crippen molar-refractivity contribution in [1.29, 1.82) is 0 Å². The van der Waals surface area contributed by atoms with Crippen molar-refractivity contribution in [2.24, 2.45) is 0 Å². The van der Waals surface area contributed by atoms with Gasteiger partial charge in [0.25, 0.3) is 5.91 Å². The number of hydrogen-bond donors (Lipinski definition) is 1. The summed E-state index contributed by atoms with van der Waals surface area (Å²) in [5.41, 5.74) is 3.85. The van der Waals surface area contributed by atoms with Gasteiger partial charge in [0.05, 0.1) is 12.0 Å². The van der Waals surface area contributed by atoms with Crippen LogP contribution in [-0.4, -0.2) is 54.8 Å². The van der Waals surface area contributed by atoms with Crippen LogP contribution in [0.5, 0.6) is 0 Å². The number of carbonyl (C=O) groups excluding carboxylic acids is 2. The molecule has 30 heavy (non-hydrogen) atoms. The second-order valence-electron chi connectivity index (χ2n) is 8.40. The molecule has 2 aromatic carbocycles. The van der Waals surface area contributed by atoms with Gasteiger partial charge in [0, 0.05) is 25.2 Å². The fourth-order valence-electron chi connectivity index (χ4n) is 4.78. The van der Waals surface area contributed by atoms with E-state index < -0.39 is 0 Å². The van der Waals surface area contributed by atoms with Crippen molar-refractivity contribution in [2.45, 2.75) is 38.1 Å². The highest BCUT2D eigenvalue weighted by Gasteiger charge is 2.45. The molecule has 2 aliphatic rings. The Balaban J connectivity index is 1.61. The van der Waals surface area contributed by atoms with E-state index in [1.165, 1.54) is 12.0 Å². The molecule has 0 saturated carbocycles. The molecule has 4 rings (SSSR count). The van der Waals surface area contributed by atoms with E-state index in [2.05, 4.69) is 36.3 Å². The van der Waals surface area contributed by atoms with E-state index in [0.717, 1.165) is 37.1 Å². The molecule has 0 spiro atoms. The predicted octanol–water partition coefficient (Wildman–Crippen LogP) is 3.37. The Morgan fingerprint density at radius 3 is 2.63 bits per heavy atom. The van der Waals surface area contributed by atoms with Crippen LogP contribution in [0.4, 0.5) is 0 Å². The largest absolute Gasteiger partial charge is 0.354 e. The average Bonchev–Trinajstić information content (AvgIpc) is 2.77. The maximum Gasteiger partial charge on any atom is 0.254 e. The van der Waals surface area contributed by atoms with E-state index >= 15 is 0 Å². The van der Waals surface area contributed by atoms with Gasteiger partial charge in [-0.1, -0.05) is 55.8 Å². The summed E-state index contributed by atoms with van der Waals surface area (Å²) in [6.45, 7) is 5.31. The molecule has 2 amide bonds. The van der Waals surface area contributed by atoms with Crippen molar-refractivity contribution in [1.82, 2.24) is 15.1 Å². The summed E-state index contributed by atoms with van der Waals surface area (Å²) in [5.74, 6) is -0.347. The summed E-state index contributed by atoms with van der Waals surface area (Å²) in [7, 11) is 2.09. The number of benzene rings is 2. The lowest BCUT2D eigenvalue weighted by atomic mass is 9.76. The highest BCUT2D eigenvalue weighted by molar-refractivity contribution is 6.01. The molecular formula is C25H31N3O2. The Hall–Kier alpha value is -2.66. The van der Waals surface area contributed by atoms with E-state index in [4.69, 9.17) is 0 Å². The molecule has 158 valence electrons. The summed E-state index contributed by atoms with van der Waals surface area (Å²) in [4.78, 5) is 30.8. The van der Waals surface area contributed by atoms with E-state index in [-0.39, 0.29) is 23.8 Å². The summed E-state index contributed by atoms with van der Waals surface area (Å²) >= 11 is 0. The lowest BCUT2D eigenvalue weighted by Gasteiger charge is -2.45. The van der Waals surface area contributed by atoms with Gasteiger partial charge >= 0.3 is 0 Å². The first kappa shape index (κ1) is 20.6. The molecule has 0 radical (unpaired) electrons. The Morgan fingerprint density at radius 1 is 1.10 bits per heavy atom. The monoisotopic (exact) mass is 405 g/mol. The molecule has 2 unspecified atom stereocenters. The van der Waals surface area contributed by atoms with E-state index in [1.807, 2.05) is 41.3 Å². The van der Waals surface area contributed by atoms with Crippen LogP contribution in [0.1, 0.15) is 58.8 Å². The van der Waals surface area contributed by atoms with Gasteiger partial charge in [-0.05, 0) is 49.2 Å². The van der Waals surface area contributed by atoms with Crippen LogP contribution in [-0.2, 0) is 11.2 Å². The molecule has 5 heteroatoms. The number of nitrogens with zero attached hydrogens (tertiary/aromatic N) is 2. The highest BCUT2D eigenvalue weighted by Crippen LogP contribution is 2.45. The molecule has 0 saturated heterocycles. The molecular weight excluding hydrogens is 374 g/mol. The topological polar surface area (TPSA) is 52.7 Å². The maximum atomic E-state index is 13.5. The number of fused-ring (bicyclic) bond motifs is 4. The van der Waals surface area contributed by atoms with Crippen LogP contribution >= 0.6 is 0 Å². The molecule has 2 atom stereocenters. The van der Waals surface area contributed by atoms with Gasteiger partial charge in [0.15, 0.2) is 0 Å². The van der Waals surface area contributed by atoms with Gasteiger partial charge in [-0.2, -0.15) is 0 Å². The number of amides is 2. The molecule has 2 aromatic rings. The van der Waals surface area contributed by atoms with Crippen LogP contribution in [0, 0.1) is 0 Å². The van der Waals surface area contributed by atoms with Gasteiger partial charge in [0.1, 0.15) is 0 Å². The minimum absolute atomic E-state index is 0.00513. The maximum absolute atomic E-state index is 13.5. The first-order chi connectivity index (χ1) is 14.6. The Morgan fingerprint density at radius 2 is 1.83 bits per heavy atom. The molecule has 0 bridgehead atoms. The van der Waals surface area contributed by atoms with Crippen molar-refractivity contribution in [3.05, 3.63) is 70.8 Å². The quantitative estimate of drug-likeness (QED) is 0.768. The van der Waals surface area contributed by atoms with Gasteiger partial charge in [0.2, 0.25) is 5.91 Å². The molecule has 0 aromatic heterocycles. The first-order valence-corrected chi connectivity index (χ1v) is 11.1. The predicted molar refractivity (Wildman–Crippen MR) is 119 cm³/mol. The molecule has 0 fully saturated rings. The van der Waals surface area contributed by atoms with Gasteiger partial charge in [-0.25, -0.2) is 0 Å². The van der Waals surface area contributed by atoms with Crippen molar-refractivity contribution in [3.8, 4) is 0 Å². The van der Waals surface area contributed by atoms with E-state index in [9.17, 15) is 9.59 Å². The van der Waals surface area contributed by atoms with Crippen LogP contribution in [0.25, 0.3) is 0 Å². The van der Waals surface area contributed by atoms with E-state index in [1.54, 1.807) is 0 Å². The van der Waals surface area contributed by atoms with Crippen LogP contribution < -0.4 is 5.32 Å². The second kappa shape index (κ2) is 9.00. The van der Waals surface area contributed by atoms with Gasteiger partial charge in [-0.15, -0.1) is 0 Å². The second-order valence-corrected chi connectivity index (χ2v) is 8.40. The number of hydrogen-bond acceptors (Lipinski definition) is 3. The zero-order valence-electron chi connectivity index (χ0n) is 17.9. The minimum Gasteiger partial charge on any atom is -0.354 e. The lowest BCUT2D eigenvalue weighted by Crippen LogP contribution is -2.50. The highest BCUT2D eigenvalue weighted by atomic mass is 16.2. The fourth-order valence-corrected chi connectivity index (χ4v) is 4.78. The molecule has 5 nitrogen and oxygen atoms in total. The number of nitrogens with one attached hydrogen (secondary N) is 1. The van der Waals surface area contributed by atoms with Crippen LogP contribution in [0.15, 0.2) is 48.5 Å². The fraction of sp³-hybridized carbons (Fsp3) is 0.440. The van der Waals surface area contributed by atoms with Crippen LogP contribution in [0.2, 0.25) is 0 Å². The van der Waals surface area contributed by atoms with Crippen molar-refractivity contribution >= 4 is 11.8 Å². The normalized spacial score (nSPS) is 19.8. The van der Waals surface area contributed by atoms with Crippen LogP contribution in [0.3, 0.4) is 0 Å². The first-order valence-electron chi connectivity index (χ1n) is 11.1. The third-order valence-electron chi connectivity index (χ3n) is 6.40. The Bertz CT molecular complexity index is 926. The molecule has 2 aliphatic heterocycles. The van der Waals surface area contributed by atoms with Crippen molar-refractivity contribution in [3.63, 3.8) is 0 Å². The minimum atomic E-state index is -0.388. The Kier molecular flexibility index (Phi) is 6.18. The zero-order valence-corrected chi connectivity index (χ0v) is 17.9. The molecule has 2 heterocycles. The van der Waals surface area contributed by atoms with Gasteiger partial charge < -0.3 is 15.1 Å². The van der Waals surface area contributed by atoms with Gasteiger partial charge in [-0.3, -0.25) is 9.59 Å². The molecule has 1 N–H and O–H groups in total. The summed E-state index contributed by atoms with van der Waals surface area (Å²) in [6.07, 6.45) is 3.16. The number of carbonyl (C=O) groups is 2. The lowest BCUT2D eigenvalue weighted by molar-refractivity contribution is -0.124. The smallest absolute Gasteiger partial charge is 0.254 e. The Labute approximate surface area is 179 Å². The van der Waals surface area contributed by atoms with E-state index in [0.29, 0.717) is 18.7 Å². The zero-order chi connectivity index (χ0) is 21.1. The average molecular weight is 406 g/mol. The summed E-state index contributed by atoms with van der Waals surface area (Å²) in [5, 5.41) is 3.16. The molecule has 0 aliphatic carbocycles. The third kappa shape index (κ3) is 3.86. The standard InChI is InChI=1S/C25H31N3O2/c1-3-4-15-27(2)17-14-26-24(29)22-20-11-7-8-12-21(20)25(30)28-16-13-18-9-5-6-10-19(18)23(22)28/h5-12,22-23H,3-4,13-17H2,1-2H3,(H,26,29). The number of likely N-dealkylation sites (N-methyl/N-ethyl adjacent to an activating group) is 1. The summed E-state index contributed by atoms with van der Waals surface area (Å²) in [6, 6.07) is 15.6. The number of rotatable bonds is 7. The summed E-state index contributed by atoms with van der Waals surface area (Å²) < 4.78 is 0. The van der Waals surface area contributed by atoms with Crippen molar-refractivity contribution in [2.75, 3.05) is 33.2 Å².